The second-order valence-electron chi connectivity index (χ2n) is 4.83. The summed E-state index contributed by atoms with van der Waals surface area (Å²) in [6.07, 6.45) is 0.0966. The van der Waals surface area contributed by atoms with E-state index in [1.165, 1.54) is 0 Å². The number of Topliss-reactive ketones (excluding diaryl/α,β-unsaturated/α-hetero) is 1. The van der Waals surface area contributed by atoms with Crippen LogP contribution >= 0.6 is 0 Å². The van der Waals surface area contributed by atoms with Gasteiger partial charge in [-0.05, 0) is 17.7 Å². The highest BCUT2D eigenvalue weighted by molar-refractivity contribution is 6.36. The largest absolute Gasteiger partial charge is 0.454 e. The zero-order chi connectivity index (χ0) is 13.9. The predicted molar refractivity (Wildman–Crippen MR) is 70.7 cm³/mol. The molecule has 2 aliphatic heterocycles. The maximum absolute atomic E-state index is 12.0. The van der Waals surface area contributed by atoms with E-state index in [9.17, 15) is 9.59 Å². The fourth-order valence-electron chi connectivity index (χ4n) is 2.36. The van der Waals surface area contributed by atoms with Crippen LogP contribution in [0.2, 0.25) is 0 Å². The van der Waals surface area contributed by atoms with Gasteiger partial charge in [-0.15, -0.1) is 0 Å². The second kappa shape index (κ2) is 5.50. The van der Waals surface area contributed by atoms with Crippen molar-refractivity contribution < 1.29 is 19.1 Å². The molecular formula is C14H16N2O4. The van der Waals surface area contributed by atoms with E-state index in [-0.39, 0.29) is 19.0 Å². The van der Waals surface area contributed by atoms with Crippen molar-refractivity contribution in [1.29, 1.82) is 0 Å². The van der Waals surface area contributed by atoms with Gasteiger partial charge in [-0.25, -0.2) is 0 Å². The minimum atomic E-state index is -0.399. The first kappa shape index (κ1) is 12.9. The first-order valence-electron chi connectivity index (χ1n) is 6.65. The Kier molecular flexibility index (Phi) is 3.56. The maximum atomic E-state index is 12.0. The van der Waals surface area contributed by atoms with Crippen molar-refractivity contribution in [2.75, 3.05) is 33.0 Å². The van der Waals surface area contributed by atoms with E-state index in [2.05, 4.69) is 5.32 Å². The molecule has 3 rings (SSSR count). The van der Waals surface area contributed by atoms with Gasteiger partial charge in [-0.3, -0.25) is 9.59 Å². The van der Waals surface area contributed by atoms with Gasteiger partial charge >= 0.3 is 0 Å². The molecule has 0 aliphatic carbocycles. The van der Waals surface area contributed by atoms with E-state index in [1.807, 2.05) is 0 Å². The lowest BCUT2D eigenvalue weighted by Gasteiger charge is -2.26. The Bertz CT molecular complexity index is 538. The van der Waals surface area contributed by atoms with Crippen molar-refractivity contribution >= 4 is 11.7 Å². The van der Waals surface area contributed by atoms with Crippen molar-refractivity contribution in [3.05, 3.63) is 23.8 Å². The summed E-state index contributed by atoms with van der Waals surface area (Å²) in [6.45, 7) is 2.86. The van der Waals surface area contributed by atoms with Crippen LogP contribution in [0.1, 0.15) is 5.56 Å². The van der Waals surface area contributed by atoms with Crippen LogP contribution in [0.25, 0.3) is 0 Å². The van der Waals surface area contributed by atoms with Gasteiger partial charge < -0.3 is 19.7 Å². The van der Waals surface area contributed by atoms with Crippen molar-refractivity contribution in [3.8, 4) is 11.5 Å². The molecule has 20 heavy (non-hydrogen) atoms. The topological polar surface area (TPSA) is 67.9 Å². The van der Waals surface area contributed by atoms with E-state index in [0.717, 1.165) is 18.7 Å². The molecule has 2 heterocycles. The lowest BCUT2D eigenvalue weighted by atomic mass is 10.1. The number of hydrogen-bond donors (Lipinski definition) is 1. The van der Waals surface area contributed by atoms with Gasteiger partial charge in [0, 0.05) is 32.6 Å². The molecule has 6 heteroatoms. The highest BCUT2D eigenvalue weighted by atomic mass is 16.7. The SMILES string of the molecule is O=C(Cc1ccc2c(c1)OCO2)C(=O)N1CCNCC1. The summed E-state index contributed by atoms with van der Waals surface area (Å²) in [4.78, 5) is 25.7. The number of benzene rings is 1. The molecule has 1 fully saturated rings. The summed E-state index contributed by atoms with van der Waals surface area (Å²) in [5.41, 5.74) is 0.766. The monoisotopic (exact) mass is 276 g/mol. The molecule has 1 N–H and O–H groups in total. The standard InChI is InChI=1S/C14H16N2O4/c17-11(14(18)16-5-3-15-4-6-16)7-10-1-2-12-13(8-10)20-9-19-12/h1-2,8,15H,3-7,9H2. The number of ether oxygens (including phenoxy) is 2. The number of hydrogen-bond acceptors (Lipinski definition) is 5. The Balaban J connectivity index is 1.64. The highest BCUT2D eigenvalue weighted by Gasteiger charge is 2.23. The van der Waals surface area contributed by atoms with Crippen LogP contribution in [0.5, 0.6) is 11.5 Å². The van der Waals surface area contributed by atoms with Crippen molar-refractivity contribution in [2.45, 2.75) is 6.42 Å². The van der Waals surface area contributed by atoms with E-state index in [4.69, 9.17) is 9.47 Å². The summed E-state index contributed by atoms with van der Waals surface area (Å²) in [5, 5.41) is 3.15. The Morgan fingerprint density at radius 2 is 1.90 bits per heavy atom. The number of ketones is 1. The van der Waals surface area contributed by atoms with Gasteiger partial charge in [0.2, 0.25) is 12.6 Å². The molecule has 0 radical (unpaired) electrons. The van der Waals surface area contributed by atoms with Crippen LogP contribution < -0.4 is 14.8 Å². The number of nitrogens with zero attached hydrogens (tertiary/aromatic N) is 1. The molecule has 1 aromatic carbocycles. The van der Waals surface area contributed by atoms with Gasteiger partial charge in [0.25, 0.3) is 5.91 Å². The molecule has 1 saturated heterocycles. The van der Waals surface area contributed by atoms with Crippen LogP contribution in [0.15, 0.2) is 18.2 Å². The summed E-state index contributed by atoms with van der Waals surface area (Å²) in [5.74, 6) is 0.523. The fourth-order valence-corrected chi connectivity index (χ4v) is 2.36. The Hall–Kier alpha value is -2.08. The predicted octanol–water partition coefficient (Wildman–Crippen LogP) is -0.0413. The van der Waals surface area contributed by atoms with Crippen molar-refractivity contribution in [2.24, 2.45) is 0 Å². The van der Waals surface area contributed by atoms with Crippen LogP contribution in [0, 0.1) is 0 Å². The van der Waals surface area contributed by atoms with Gasteiger partial charge in [0.1, 0.15) is 0 Å². The van der Waals surface area contributed by atoms with E-state index in [1.54, 1.807) is 23.1 Å². The number of nitrogens with one attached hydrogen (secondary N) is 1. The maximum Gasteiger partial charge on any atom is 0.290 e. The molecule has 0 atom stereocenters. The van der Waals surface area contributed by atoms with Gasteiger partial charge in [0.15, 0.2) is 11.5 Å². The average Bonchev–Trinajstić information content (AvgIpc) is 2.95. The summed E-state index contributed by atoms with van der Waals surface area (Å²) < 4.78 is 10.5. The molecule has 0 aromatic heterocycles. The van der Waals surface area contributed by atoms with Crippen molar-refractivity contribution in [3.63, 3.8) is 0 Å². The third-order valence-corrected chi connectivity index (χ3v) is 3.44. The fraction of sp³-hybridized carbons (Fsp3) is 0.429. The third kappa shape index (κ3) is 2.60. The molecule has 1 amide bonds. The van der Waals surface area contributed by atoms with E-state index < -0.39 is 5.91 Å². The average molecular weight is 276 g/mol. The quantitative estimate of drug-likeness (QED) is 0.785. The normalized spacial score (nSPS) is 17.1. The minimum Gasteiger partial charge on any atom is -0.454 e. The van der Waals surface area contributed by atoms with Gasteiger partial charge in [-0.2, -0.15) is 0 Å². The lowest BCUT2D eigenvalue weighted by molar-refractivity contribution is -0.144. The zero-order valence-electron chi connectivity index (χ0n) is 11.1. The zero-order valence-corrected chi connectivity index (χ0v) is 11.1. The number of amides is 1. The van der Waals surface area contributed by atoms with Gasteiger partial charge in [-0.1, -0.05) is 6.07 Å². The van der Waals surface area contributed by atoms with E-state index in [0.29, 0.717) is 24.6 Å². The number of carbonyl (C=O) groups excluding carboxylic acids is 2. The molecule has 6 nitrogen and oxygen atoms in total. The minimum absolute atomic E-state index is 0.0966. The van der Waals surface area contributed by atoms with Crippen LogP contribution in [0.4, 0.5) is 0 Å². The Morgan fingerprint density at radius 1 is 1.15 bits per heavy atom. The Morgan fingerprint density at radius 3 is 2.70 bits per heavy atom. The summed E-state index contributed by atoms with van der Waals surface area (Å²) in [7, 11) is 0. The third-order valence-electron chi connectivity index (χ3n) is 3.44. The number of carbonyl (C=O) groups is 2. The molecule has 0 saturated carbocycles. The number of fused-ring (bicyclic) bond motifs is 1. The molecule has 0 bridgehead atoms. The molecule has 1 aromatic rings. The van der Waals surface area contributed by atoms with E-state index >= 15 is 0 Å². The first-order valence-corrected chi connectivity index (χ1v) is 6.65. The van der Waals surface area contributed by atoms with Crippen LogP contribution in [-0.4, -0.2) is 49.6 Å². The summed E-state index contributed by atoms with van der Waals surface area (Å²) >= 11 is 0. The number of rotatable bonds is 3. The first-order chi connectivity index (χ1) is 9.74. The Labute approximate surface area is 116 Å². The molecule has 106 valence electrons. The van der Waals surface area contributed by atoms with Crippen LogP contribution in [-0.2, 0) is 16.0 Å². The molecule has 0 unspecified atom stereocenters. The van der Waals surface area contributed by atoms with Crippen LogP contribution in [0.3, 0.4) is 0 Å². The smallest absolute Gasteiger partial charge is 0.290 e. The van der Waals surface area contributed by atoms with Gasteiger partial charge in [0.05, 0.1) is 0 Å². The molecule has 2 aliphatic rings. The molecule has 0 spiro atoms. The lowest BCUT2D eigenvalue weighted by Crippen LogP contribution is -2.49. The second-order valence-corrected chi connectivity index (χ2v) is 4.83. The summed E-state index contributed by atoms with van der Waals surface area (Å²) in [6, 6.07) is 5.31. The number of piperazine rings is 1. The van der Waals surface area contributed by atoms with Crippen molar-refractivity contribution in [1.82, 2.24) is 10.2 Å². The molecular weight excluding hydrogens is 260 g/mol. The highest BCUT2D eigenvalue weighted by Crippen LogP contribution is 2.32.